The van der Waals surface area contributed by atoms with Crippen LogP contribution in [0, 0.1) is 34.0 Å². The number of amidine groups is 1. The van der Waals surface area contributed by atoms with Gasteiger partial charge in [-0.15, -0.1) is 0 Å². The van der Waals surface area contributed by atoms with Gasteiger partial charge in [-0.25, -0.2) is 5.84 Å². The topological polar surface area (TPSA) is 181 Å². The first-order valence-electron chi connectivity index (χ1n) is 9.13. The maximum atomic E-state index is 12.5. The fourth-order valence-corrected chi connectivity index (χ4v) is 3.91. The SMILES string of the molecule is N#Cc1ccc(-c2ccc(-c3c(C#N)c(SC/C(=N/N)NN)[nH]c(=O)c3C#N)cc2)cc1. The number of aromatic nitrogens is 1. The van der Waals surface area contributed by atoms with E-state index in [0.29, 0.717) is 11.1 Å². The summed E-state index contributed by atoms with van der Waals surface area (Å²) in [4.78, 5) is 15.1. The lowest BCUT2D eigenvalue weighted by Crippen LogP contribution is -2.33. The Labute approximate surface area is 187 Å². The second-order valence-electron chi connectivity index (χ2n) is 6.41. The molecule has 1 heterocycles. The van der Waals surface area contributed by atoms with Crippen LogP contribution >= 0.6 is 11.8 Å². The van der Waals surface area contributed by atoms with Crippen LogP contribution in [0.2, 0.25) is 0 Å². The minimum absolute atomic E-state index is 0.151. The number of aromatic amines is 1. The van der Waals surface area contributed by atoms with Gasteiger partial charge in [0, 0.05) is 5.56 Å². The van der Waals surface area contributed by atoms with Crippen molar-refractivity contribution in [3.63, 3.8) is 0 Å². The van der Waals surface area contributed by atoms with Gasteiger partial charge in [0.15, 0.2) is 0 Å². The molecule has 0 unspecified atom stereocenters. The number of hydrazine groups is 1. The molecular weight excluding hydrogens is 424 g/mol. The summed E-state index contributed by atoms with van der Waals surface area (Å²) in [5.41, 5.74) is 4.88. The number of nitrogens with zero attached hydrogens (tertiary/aromatic N) is 4. The molecule has 0 atom stereocenters. The Morgan fingerprint density at radius 1 is 0.938 bits per heavy atom. The first-order valence-corrected chi connectivity index (χ1v) is 10.1. The van der Waals surface area contributed by atoms with Crippen LogP contribution in [0.25, 0.3) is 22.3 Å². The monoisotopic (exact) mass is 440 g/mol. The highest BCUT2D eigenvalue weighted by Gasteiger charge is 2.20. The van der Waals surface area contributed by atoms with Gasteiger partial charge < -0.3 is 16.3 Å². The van der Waals surface area contributed by atoms with Gasteiger partial charge >= 0.3 is 0 Å². The summed E-state index contributed by atoms with van der Waals surface area (Å²) in [5, 5.41) is 32.1. The molecule has 0 aliphatic rings. The van der Waals surface area contributed by atoms with E-state index in [1.807, 2.05) is 30.3 Å². The van der Waals surface area contributed by atoms with Crippen LogP contribution in [0.5, 0.6) is 0 Å². The number of nitriles is 3. The Morgan fingerprint density at radius 3 is 2.00 bits per heavy atom. The molecule has 3 aromatic rings. The third kappa shape index (κ3) is 4.45. The van der Waals surface area contributed by atoms with E-state index in [-0.39, 0.29) is 33.3 Å². The molecule has 0 spiro atoms. The average Bonchev–Trinajstić information content (AvgIpc) is 2.84. The van der Waals surface area contributed by atoms with Gasteiger partial charge in [0.2, 0.25) is 0 Å². The normalized spacial score (nSPS) is 10.6. The van der Waals surface area contributed by atoms with Crippen LogP contribution in [0.1, 0.15) is 16.7 Å². The molecule has 6 N–H and O–H groups in total. The zero-order chi connectivity index (χ0) is 23.1. The number of nitrogens with one attached hydrogen (secondary N) is 2. The molecule has 0 radical (unpaired) electrons. The highest BCUT2D eigenvalue weighted by Crippen LogP contribution is 2.32. The first-order chi connectivity index (χ1) is 15.6. The van der Waals surface area contributed by atoms with E-state index in [2.05, 4.69) is 27.6 Å². The molecule has 0 bridgehead atoms. The molecule has 0 saturated carbocycles. The van der Waals surface area contributed by atoms with E-state index in [4.69, 9.17) is 16.9 Å². The lowest BCUT2D eigenvalue weighted by Gasteiger charge is -2.12. The highest BCUT2D eigenvalue weighted by molar-refractivity contribution is 8.00. The summed E-state index contributed by atoms with van der Waals surface area (Å²) in [6.45, 7) is 0. The van der Waals surface area contributed by atoms with Gasteiger partial charge in [-0.05, 0) is 28.8 Å². The zero-order valence-corrected chi connectivity index (χ0v) is 17.4. The van der Waals surface area contributed by atoms with E-state index < -0.39 is 5.56 Å². The van der Waals surface area contributed by atoms with Gasteiger partial charge in [0.25, 0.3) is 5.56 Å². The lowest BCUT2D eigenvalue weighted by atomic mass is 9.95. The molecule has 9 nitrogen and oxygen atoms in total. The standard InChI is InChI=1S/C22H16N8OS/c23-9-13-1-3-14(4-2-13)15-5-7-16(8-6-15)20-17(10-24)21(31)28-22(18(20)11-25)32-12-19(29-26)30-27/h1-8H,12,26-27H2,(H,28,31)(H,29,30). The number of hydrazone groups is 1. The Kier molecular flexibility index (Phi) is 6.89. The van der Waals surface area contributed by atoms with Crippen molar-refractivity contribution >= 4 is 17.6 Å². The van der Waals surface area contributed by atoms with Crippen molar-refractivity contribution in [3.05, 3.63) is 75.6 Å². The molecule has 1 aromatic heterocycles. The highest BCUT2D eigenvalue weighted by atomic mass is 32.2. The summed E-state index contributed by atoms with van der Waals surface area (Å²) in [5.74, 6) is 11.0. The van der Waals surface area contributed by atoms with E-state index in [9.17, 15) is 15.3 Å². The van der Waals surface area contributed by atoms with Crippen molar-refractivity contribution in [3.8, 4) is 40.5 Å². The minimum atomic E-state index is -0.605. The summed E-state index contributed by atoms with van der Waals surface area (Å²) in [6.07, 6.45) is 0. The van der Waals surface area contributed by atoms with Gasteiger partial charge in [-0.2, -0.15) is 20.9 Å². The molecule has 0 aliphatic heterocycles. The molecular formula is C22H16N8OS. The smallest absolute Gasteiger partial charge is 0.267 e. The van der Waals surface area contributed by atoms with Gasteiger partial charge in [-0.3, -0.25) is 4.79 Å². The Hall–Kier alpha value is -4.56. The second-order valence-corrected chi connectivity index (χ2v) is 7.39. The van der Waals surface area contributed by atoms with Crippen LogP contribution < -0.4 is 22.7 Å². The van der Waals surface area contributed by atoms with Crippen molar-refractivity contribution < 1.29 is 0 Å². The van der Waals surface area contributed by atoms with Crippen molar-refractivity contribution in [1.82, 2.24) is 10.4 Å². The summed E-state index contributed by atoms with van der Waals surface area (Å²) in [6, 6.07) is 20.3. The molecule has 156 valence electrons. The van der Waals surface area contributed by atoms with E-state index >= 15 is 0 Å². The number of nitrogens with two attached hydrogens (primary N) is 2. The first kappa shape index (κ1) is 22.1. The molecule has 0 aliphatic carbocycles. The molecule has 0 saturated heterocycles. The van der Waals surface area contributed by atoms with Crippen molar-refractivity contribution in [1.29, 1.82) is 15.8 Å². The molecule has 2 aromatic carbocycles. The van der Waals surface area contributed by atoms with E-state index in [1.165, 1.54) is 0 Å². The Morgan fingerprint density at radius 2 is 1.50 bits per heavy atom. The fourth-order valence-electron chi connectivity index (χ4n) is 3.01. The van der Waals surface area contributed by atoms with Gasteiger partial charge in [0.05, 0.1) is 28.0 Å². The van der Waals surface area contributed by atoms with Crippen molar-refractivity contribution in [2.75, 3.05) is 5.75 Å². The third-order valence-electron chi connectivity index (χ3n) is 4.60. The lowest BCUT2D eigenvalue weighted by molar-refractivity contribution is 0.995. The molecule has 0 fully saturated rings. The number of thioether (sulfide) groups is 1. The number of pyridine rings is 1. The fraction of sp³-hybridized carbons (Fsp3) is 0.0455. The van der Waals surface area contributed by atoms with Crippen LogP contribution in [0.4, 0.5) is 0 Å². The van der Waals surface area contributed by atoms with Crippen molar-refractivity contribution in [2.24, 2.45) is 16.8 Å². The van der Waals surface area contributed by atoms with Gasteiger partial charge in [0.1, 0.15) is 23.5 Å². The Balaban J connectivity index is 2.07. The third-order valence-corrected chi connectivity index (χ3v) is 5.61. The second kappa shape index (κ2) is 9.96. The Bertz CT molecular complexity index is 1350. The average molecular weight is 440 g/mol. The van der Waals surface area contributed by atoms with Gasteiger partial charge in [-0.1, -0.05) is 48.2 Å². The molecule has 32 heavy (non-hydrogen) atoms. The summed E-state index contributed by atoms with van der Waals surface area (Å²) in [7, 11) is 0. The van der Waals surface area contributed by atoms with Crippen LogP contribution in [-0.2, 0) is 0 Å². The molecule has 10 heteroatoms. The predicted molar refractivity (Wildman–Crippen MR) is 122 cm³/mol. The minimum Gasteiger partial charge on any atom is -0.322 e. The van der Waals surface area contributed by atoms with E-state index in [0.717, 1.165) is 22.9 Å². The molecule has 3 rings (SSSR count). The van der Waals surface area contributed by atoms with Crippen LogP contribution in [0.15, 0.2) is 63.5 Å². The maximum absolute atomic E-state index is 12.5. The number of benzene rings is 2. The number of rotatable bonds is 5. The number of hydrogen-bond acceptors (Lipinski definition) is 8. The zero-order valence-electron chi connectivity index (χ0n) is 16.6. The summed E-state index contributed by atoms with van der Waals surface area (Å²) >= 11 is 1.11. The summed E-state index contributed by atoms with van der Waals surface area (Å²) < 4.78 is 0. The largest absolute Gasteiger partial charge is 0.322 e. The van der Waals surface area contributed by atoms with E-state index in [1.54, 1.807) is 24.3 Å². The number of hydrogen-bond donors (Lipinski definition) is 4. The molecule has 0 amide bonds. The number of H-pyrrole nitrogens is 1. The van der Waals surface area contributed by atoms with Crippen LogP contribution in [-0.4, -0.2) is 16.6 Å². The van der Waals surface area contributed by atoms with Crippen molar-refractivity contribution in [2.45, 2.75) is 5.03 Å². The van der Waals surface area contributed by atoms with Crippen LogP contribution in [0.3, 0.4) is 0 Å². The quantitative estimate of drug-likeness (QED) is 0.153. The predicted octanol–water partition coefficient (Wildman–Crippen LogP) is 2.15. The maximum Gasteiger partial charge on any atom is 0.267 e.